The second kappa shape index (κ2) is 11.2. The second-order valence-electron chi connectivity index (χ2n) is 8.61. The van der Waals surface area contributed by atoms with Gasteiger partial charge in [-0.05, 0) is 45.1 Å². The molecule has 0 spiro atoms. The summed E-state index contributed by atoms with van der Waals surface area (Å²) in [6, 6.07) is 5.64. The van der Waals surface area contributed by atoms with Crippen LogP contribution in [0.4, 0.5) is 0 Å². The largest absolute Gasteiger partial charge is 0.356 e. The minimum atomic E-state index is 0.0639. The van der Waals surface area contributed by atoms with E-state index < -0.39 is 0 Å². The first kappa shape index (κ1) is 22.4. The normalized spacial score (nSPS) is 20.4. The minimum Gasteiger partial charge on any atom is -0.356 e. The number of aryl methyl sites for hydroxylation is 1. The summed E-state index contributed by atoms with van der Waals surface area (Å²) in [6.45, 7) is 5.12. The first-order valence-corrected chi connectivity index (χ1v) is 11.5. The maximum absolute atomic E-state index is 12.7. The molecule has 7 nitrogen and oxygen atoms in total. The fourth-order valence-electron chi connectivity index (χ4n) is 4.59. The number of aromatic nitrogens is 1. The third-order valence-corrected chi connectivity index (χ3v) is 6.39. The van der Waals surface area contributed by atoms with Crippen LogP contribution in [-0.4, -0.2) is 54.1 Å². The molecule has 1 aromatic rings. The number of unbranched alkanes of at least 4 members (excludes halogenated alkanes) is 1. The van der Waals surface area contributed by atoms with Crippen LogP contribution < -0.4 is 16.2 Å². The molecule has 1 saturated heterocycles. The van der Waals surface area contributed by atoms with E-state index in [9.17, 15) is 9.59 Å². The Kier molecular flexibility index (Phi) is 8.34. The zero-order chi connectivity index (χ0) is 21.3. The molecule has 2 aliphatic rings. The lowest BCUT2D eigenvalue weighted by Gasteiger charge is -2.26. The molecular formula is C23H37N5O2. The molecule has 0 aromatic carbocycles. The van der Waals surface area contributed by atoms with Crippen LogP contribution in [0.5, 0.6) is 0 Å². The highest BCUT2D eigenvalue weighted by Crippen LogP contribution is 2.26. The van der Waals surface area contributed by atoms with E-state index in [1.807, 2.05) is 22.5 Å². The van der Waals surface area contributed by atoms with Crippen molar-refractivity contribution in [2.45, 2.75) is 70.9 Å². The lowest BCUT2D eigenvalue weighted by Crippen LogP contribution is -2.45. The maximum Gasteiger partial charge on any atom is 0.250 e. The van der Waals surface area contributed by atoms with Crippen molar-refractivity contribution >= 4 is 11.9 Å². The Hall–Kier alpha value is -2.31. The van der Waals surface area contributed by atoms with Crippen LogP contribution in [0.15, 0.2) is 28.0 Å². The highest BCUT2D eigenvalue weighted by atomic mass is 16.2. The van der Waals surface area contributed by atoms with Crippen LogP contribution >= 0.6 is 0 Å². The standard InChI is InChI=1S/C23H37N5O2/c1-18-9-8-12-21(29)28(18)15-7-6-14-25-23(24-2)26-20-13-16-27(17-20)22(30)19-10-4-3-5-11-19/h8-9,12,19-20H,3-7,10-11,13-17H2,1-2H3,(H2,24,25,26). The number of pyridine rings is 1. The van der Waals surface area contributed by atoms with E-state index in [2.05, 4.69) is 15.6 Å². The molecule has 1 atom stereocenters. The van der Waals surface area contributed by atoms with Gasteiger partial charge in [0.05, 0.1) is 0 Å². The van der Waals surface area contributed by atoms with Gasteiger partial charge in [0.15, 0.2) is 5.96 Å². The number of carbonyl (C=O) groups excluding carboxylic acids is 1. The summed E-state index contributed by atoms with van der Waals surface area (Å²) in [5.74, 6) is 1.39. The zero-order valence-electron chi connectivity index (χ0n) is 18.5. The Morgan fingerprint density at radius 3 is 2.70 bits per heavy atom. The van der Waals surface area contributed by atoms with Crippen LogP contribution in [0.1, 0.15) is 57.1 Å². The summed E-state index contributed by atoms with van der Waals surface area (Å²) in [5, 5.41) is 6.84. The number of likely N-dealkylation sites (tertiary alicyclic amines) is 1. The van der Waals surface area contributed by atoms with Gasteiger partial charge in [-0.2, -0.15) is 0 Å². The fraction of sp³-hybridized carbons (Fsp3) is 0.696. The molecule has 30 heavy (non-hydrogen) atoms. The summed E-state index contributed by atoms with van der Waals surface area (Å²) in [5.41, 5.74) is 1.07. The fourth-order valence-corrected chi connectivity index (χ4v) is 4.59. The SMILES string of the molecule is CN=C(NCCCCn1c(C)cccc1=O)NC1CCN(C(=O)C2CCCCC2)C1. The van der Waals surface area contributed by atoms with Crippen LogP contribution in [-0.2, 0) is 11.3 Å². The number of carbonyl (C=O) groups is 1. The lowest BCUT2D eigenvalue weighted by atomic mass is 9.88. The van der Waals surface area contributed by atoms with Gasteiger partial charge in [0.2, 0.25) is 5.91 Å². The molecule has 1 aliphatic heterocycles. The summed E-state index contributed by atoms with van der Waals surface area (Å²) < 4.78 is 1.82. The van der Waals surface area contributed by atoms with E-state index in [0.717, 1.165) is 69.9 Å². The van der Waals surface area contributed by atoms with Crippen LogP contribution in [0.3, 0.4) is 0 Å². The van der Waals surface area contributed by atoms with Gasteiger partial charge in [-0.15, -0.1) is 0 Å². The van der Waals surface area contributed by atoms with Crippen molar-refractivity contribution in [3.63, 3.8) is 0 Å². The molecule has 2 fully saturated rings. The number of hydrogen-bond donors (Lipinski definition) is 2. The topological polar surface area (TPSA) is 78.7 Å². The van der Waals surface area contributed by atoms with Crippen molar-refractivity contribution in [3.8, 4) is 0 Å². The molecule has 1 unspecified atom stereocenters. The molecular weight excluding hydrogens is 378 g/mol. The molecule has 2 heterocycles. The van der Waals surface area contributed by atoms with Crippen molar-refractivity contribution in [1.82, 2.24) is 20.1 Å². The van der Waals surface area contributed by atoms with Gasteiger partial charge in [-0.1, -0.05) is 25.3 Å². The average molecular weight is 416 g/mol. The number of aliphatic imine (C=N–C) groups is 1. The third-order valence-electron chi connectivity index (χ3n) is 6.39. The van der Waals surface area contributed by atoms with E-state index in [1.54, 1.807) is 19.2 Å². The molecule has 0 radical (unpaired) electrons. The van der Waals surface area contributed by atoms with Gasteiger partial charge in [-0.25, -0.2) is 0 Å². The van der Waals surface area contributed by atoms with E-state index in [1.165, 1.54) is 19.3 Å². The Morgan fingerprint density at radius 1 is 1.17 bits per heavy atom. The van der Waals surface area contributed by atoms with E-state index >= 15 is 0 Å². The second-order valence-corrected chi connectivity index (χ2v) is 8.61. The number of amides is 1. The Balaban J connectivity index is 1.35. The predicted octanol–water partition coefficient (Wildman–Crippen LogP) is 2.28. The molecule has 3 rings (SSSR count). The van der Waals surface area contributed by atoms with Crippen molar-refractivity contribution in [1.29, 1.82) is 0 Å². The summed E-state index contributed by atoms with van der Waals surface area (Å²) in [4.78, 5) is 31.0. The Labute approximate surface area is 179 Å². The van der Waals surface area contributed by atoms with Crippen molar-refractivity contribution in [2.75, 3.05) is 26.7 Å². The van der Waals surface area contributed by atoms with Crippen molar-refractivity contribution < 1.29 is 4.79 Å². The third kappa shape index (κ3) is 6.09. The number of nitrogens with zero attached hydrogens (tertiary/aromatic N) is 3. The van der Waals surface area contributed by atoms with E-state index in [0.29, 0.717) is 5.91 Å². The number of hydrogen-bond acceptors (Lipinski definition) is 3. The first-order chi connectivity index (χ1) is 14.6. The minimum absolute atomic E-state index is 0.0639. The Bertz CT molecular complexity index is 782. The van der Waals surface area contributed by atoms with E-state index in [-0.39, 0.29) is 17.5 Å². The monoisotopic (exact) mass is 415 g/mol. The van der Waals surface area contributed by atoms with Gasteiger partial charge in [-0.3, -0.25) is 14.6 Å². The summed E-state index contributed by atoms with van der Waals surface area (Å²) in [6.07, 6.45) is 8.64. The van der Waals surface area contributed by atoms with Gasteiger partial charge < -0.3 is 20.1 Å². The van der Waals surface area contributed by atoms with Gasteiger partial charge in [0.1, 0.15) is 0 Å². The number of rotatable bonds is 7. The molecule has 166 valence electrons. The quantitative estimate of drug-likeness (QED) is 0.407. The highest BCUT2D eigenvalue weighted by molar-refractivity contribution is 5.81. The van der Waals surface area contributed by atoms with Crippen LogP contribution in [0.25, 0.3) is 0 Å². The summed E-state index contributed by atoms with van der Waals surface area (Å²) >= 11 is 0. The molecule has 2 N–H and O–H groups in total. The van der Waals surface area contributed by atoms with Crippen LogP contribution in [0.2, 0.25) is 0 Å². The molecule has 1 aromatic heterocycles. The summed E-state index contributed by atoms with van der Waals surface area (Å²) in [7, 11) is 1.78. The average Bonchev–Trinajstić information content (AvgIpc) is 3.23. The van der Waals surface area contributed by atoms with E-state index in [4.69, 9.17) is 0 Å². The molecule has 0 bridgehead atoms. The van der Waals surface area contributed by atoms with Gasteiger partial charge in [0, 0.05) is 56.9 Å². The smallest absolute Gasteiger partial charge is 0.250 e. The van der Waals surface area contributed by atoms with Gasteiger partial charge in [0.25, 0.3) is 5.56 Å². The Morgan fingerprint density at radius 2 is 1.97 bits per heavy atom. The lowest BCUT2D eigenvalue weighted by molar-refractivity contribution is -0.135. The van der Waals surface area contributed by atoms with Gasteiger partial charge >= 0.3 is 0 Å². The zero-order valence-corrected chi connectivity index (χ0v) is 18.5. The first-order valence-electron chi connectivity index (χ1n) is 11.5. The van der Waals surface area contributed by atoms with Crippen molar-refractivity contribution in [3.05, 3.63) is 34.2 Å². The number of guanidine groups is 1. The predicted molar refractivity (Wildman–Crippen MR) is 121 cm³/mol. The maximum atomic E-state index is 12.7. The molecule has 7 heteroatoms. The van der Waals surface area contributed by atoms with Crippen LogP contribution in [0, 0.1) is 12.8 Å². The molecule has 1 saturated carbocycles. The molecule has 1 amide bonds. The van der Waals surface area contributed by atoms with Crippen molar-refractivity contribution in [2.24, 2.45) is 10.9 Å². The molecule has 1 aliphatic carbocycles. The number of nitrogens with one attached hydrogen (secondary N) is 2. The highest BCUT2D eigenvalue weighted by Gasteiger charge is 2.31.